The van der Waals surface area contributed by atoms with Gasteiger partial charge in [0, 0.05) is 24.8 Å². The Bertz CT molecular complexity index is 389. The molecular weight excluding hydrogens is 202 g/mol. The van der Waals surface area contributed by atoms with Gasteiger partial charge < -0.3 is 9.64 Å². The minimum Gasteiger partial charge on any atom is -0.357 e. The molecule has 0 aromatic heterocycles. The average molecular weight is 219 g/mol. The zero-order chi connectivity index (χ0) is 11.5. The molecule has 0 unspecified atom stereocenters. The number of nitrogens with zero attached hydrogens (tertiary/aromatic N) is 1. The van der Waals surface area contributed by atoms with E-state index < -0.39 is 0 Å². The van der Waals surface area contributed by atoms with Crippen LogP contribution in [-0.4, -0.2) is 24.5 Å². The first-order valence-corrected chi connectivity index (χ1v) is 5.72. The standard InChI is InChI=1S/C13H17NO2/c1-3-4-9-14-12(15)10-7-5-6-8-11(10)13(14)16-2/h5-8,13H,3-4,9H2,1-2H3/t13-/m1/s1. The molecular formula is C13H17NO2. The first-order chi connectivity index (χ1) is 7.79. The van der Waals surface area contributed by atoms with E-state index in [0.717, 1.165) is 30.5 Å². The van der Waals surface area contributed by atoms with Gasteiger partial charge in [-0.15, -0.1) is 0 Å². The van der Waals surface area contributed by atoms with Gasteiger partial charge in [0.05, 0.1) is 0 Å². The van der Waals surface area contributed by atoms with Crippen LogP contribution in [0.2, 0.25) is 0 Å². The van der Waals surface area contributed by atoms with Crippen molar-refractivity contribution in [3.05, 3.63) is 35.4 Å². The predicted octanol–water partition coefficient (Wildman–Crippen LogP) is 2.59. The maximum Gasteiger partial charge on any atom is 0.256 e. The van der Waals surface area contributed by atoms with E-state index in [1.165, 1.54) is 0 Å². The molecule has 1 heterocycles. The zero-order valence-corrected chi connectivity index (χ0v) is 9.77. The van der Waals surface area contributed by atoms with Crippen molar-refractivity contribution in [3.63, 3.8) is 0 Å². The molecule has 0 spiro atoms. The lowest BCUT2D eigenvalue weighted by Crippen LogP contribution is -2.29. The van der Waals surface area contributed by atoms with Crippen molar-refractivity contribution in [1.29, 1.82) is 0 Å². The highest BCUT2D eigenvalue weighted by atomic mass is 16.5. The highest BCUT2D eigenvalue weighted by molar-refractivity contribution is 5.98. The van der Waals surface area contributed by atoms with Crippen LogP contribution in [0.4, 0.5) is 0 Å². The molecule has 1 aliphatic heterocycles. The number of ether oxygens (including phenoxy) is 1. The molecule has 0 aliphatic carbocycles. The second-order valence-corrected chi connectivity index (χ2v) is 4.03. The van der Waals surface area contributed by atoms with E-state index in [1.54, 1.807) is 7.11 Å². The molecule has 1 aromatic carbocycles. The van der Waals surface area contributed by atoms with Crippen LogP contribution in [0.5, 0.6) is 0 Å². The normalized spacial score (nSPS) is 19.0. The van der Waals surface area contributed by atoms with Crippen LogP contribution in [0.1, 0.15) is 41.9 Å². The number of unbranched alkanes of at least 4 members (excludes halogenated alkanes) is 1. The van der Waals surface area contributed by atoms with Crippen molar-refractivity contribution >= 4 is 5.91 Å². The van der Waals surface area contributed by atoms with Crippen molar-refractivity contribution in [1.82, 2.24) is 4.90 Å². The lowest BCUT2D eigenvalue weighted by atomic mass is 10.1. The van der Waals surface area contributed by atoms with E-state index in [0.29, 0.717) is 0 Å². The van der Waals surface area contributed by atoms with Crippen molar-refractivity contribution in [2.75, 3.05) is 13.7 Å². The van der Waals surface area contributed by atoms with Gasteiger partial charge in [-0.1, -0.05) is 31.5 Å². The summed E-state index contributed by atoms with van der Waals surface area (Å²) in [5.74, 6) is 0.0934. The van der Waals surface area contributed by atoms with Gasteiger partial charge in [0.1, 0.15) is 0 Å². The largest absolute Gasteiger partial charge is 0.357 e. The maximum atomic E-state index is 12.1. The van der Waals surface area contributed by atoms with E-state index in [2.05, 4.69) is 6.92 Å². The Morgan fingerprint density at radius 1 is 1.38 bits per heavy atom. The van der Waals surface area contributed by atoms with E-state index in [-0.39, 0.29) is 12.1 Å². The fourth-order valence-corrected chi connectivity index (χ4v) is 2.14. The van der Waals surface area contributed by atoms with Crippen LogP contribution in [-0.2, 0) is 4.74 Å². The Balaban J connectivity index is 2.28. The third-order valence-electron chi connectivity index (χ3n) is 2.98. The second-order valence-electron chi connectivity index (χ2n) is 4.03. The monoisotopic (exact) mass is 219 g/mol. The van der Waals surface area contributed by atoms with Crippen LogP contribution in [0.15, 0.2) is 24.3 Å². The molecule has 1 atom stereocenters. The Kier molecular flexibility index (Phi) is 3.25. The summed E-state index contributed by atoms with van der Waals surface area (Å²) in [7, 11) is 1.65. The van der Waals surface area contributed by atoms with Crippen LogP contribution in [0.25, 0.3) is 0 Å². The van der Waals surface area contributed by atoms with Crippen LogP contribution >= 0.6 is 0 Å². The molecule has 16 heavy (non-hydrogen) atoms. The topological polar surface area (TPSA) is 29.5 Å². The first kappa shape index (κ1) is 11.1. The average Bonchev–Trinajstić information content (AvgIpc) is 2.60. The molecule has 0 fully saturated rings. The number of amides is 1. The molecule has 1 aromatic rings. The third kappa shape index (κ3) is 1.71. The number of hydrogen-bond acceptors (Lipinski definition) is 2. The van der Waals surface area contributed by atoms with Crippen LogP contribution in [0.3, 0.4) is 0 Å². The van der Waals surface area contributed by atoms with Crippen molar-refractivity contribution in [2.24, 2.45) is 0 Å². The van der Waals surface area contributed by atoms with E-state index in [1.807, 2.05) is 29.2 Å². The Labute approximate surface area is 96.0 Å². The van der Waals surface area contributed by atoms with Gasteiger partial charge in [-0.05, 0) is 12.5 Å². The number of carbonyl (C=O) groups is 1. The SMILES string of the molecule is CCCCN1C(=O)c2ccccc2[C@H]1OC. The quantitative estimate of drug-likeness (QED) is 0.779. The number of benzene rings is 1. The summed E-state index contributed by atoms with van der Waals surface area (Å²) >= 11 is 0. The molecule has 86 valence electrons. The Hall–Kier alpha value is -1.35. The van der Waals surface area contributed by atoms with Crippen molar-refractivity contribution in [2.45, 2.75) is 26.0 Å². The van der Waals surface area contributed by atoms with Crippen molar-refractivity contribution in [3.8, 4) is 0 Å². The molecule has 0 saturated carbocycles. The van der Waals surface area contributed by atoms with Gasteiger partial charge in [-0.25, -0.2) is 0 Å². The number of methoxy groups -OCH3 is 1. The smallest absolute Gasteiger partial charge is 0.256 e. The van der Waals surface area contributed by atoms with E-state index in [4.69, 9.17) is 4.74 Å². The molecule has 0 radical (unpaired) electrons. The first-order valence-electron chi connectivity index (χ1n) is 5.72. The molecule has 2 rings (SSSR count). The third-order valence-corrected chi connectivity index (χ3v) is 2.98. The number of rotatable bonds is 4. The van der Waals surface area contributed by atoms with Crippen LogP contribution in [0, 0.1) is 0 Å². The van der Waals surface area contributed by atoms with Crippen molar-refractivity contribution < 1.29 is 9.53 Å². The maximum absolute atomic E-state index is 12.1. The van der Waals surface area contributed by atoms with E-state index >= 15 is 0 Å². The summed E-state index contributed by atoms with van der Waals surface area (Å²) in [6.07, 6.45) is 1.89. The molecule has 1 amide bonds. The number of carbonyl (C=O) groups excluding carboxylic acids is 1. The van der Waals surface area contributed by atoms with Gasteiger partial charge in [-0.3, -0.25) is 4.79 Å². The molecule has 1 aliphatic rings. The molecule has 3 heteroatoms. The minimum absolute atomic E-state index is 0.0934. The lowest BCUT2D eigenvalue weighted by Gasteiger charge is -2.23. The summed E-state index contributed by atoms with van der Waals surface area (Å²) in [6, 6.07) is 7.68. The van der Waals surface area contributed by atoms with Gasteiger partial charge in [0.25, 0.3) is 5.91 Å². The predicted molar refractivity (Wildman–Crippen MR) is 62.1 cm³/mol. The van der Waals surface area contributed by atoms with Crippen LogP contribution < -0.4 is 0 Å². The zero-order valence-electron chi connectivity index (χ0n) is 9.77. The summed E-state index contributed by atoms with van der Waals surface area (Å²) in [6.45, 7) is 2.89. The summed E-state index contributed by atoms with van der Waals surface area (Å²) in [5.41, 5.74) is 1.77. The summed E-state index contributed by atoms with van der Waals surface area (Å²) in [5, 5.41) is 0. The Morgan fingerprint density at radius 2 is 2.12 bits per heavy atom. The molecule has 0 saturated heterocycles. The molecule has 3 nitrogen and oxygen atoms in total. The minimum atomic E-state index is -0.199. The Morgan fingerprint density at radius 3 is 2.81 bits per heavy atom. The van der Waals surface area contributed by atoms with Gasteiger partial charge in [-0.2, -0.15) is 0 Å². The van der Waals surface area contributed by atoms with E-state index in [9.17, 15) is 4.79 Å². The number of hydrogen-bond donors (Lipinski definition) is 0. The van der Waals surface area contributed by atoms with Gasteiger partial charge in [0.2, 0.25) is 0 Å². The lowest BCUT2D eigenvalue weighted by molar-refractivity contribution is -0.0128. The van der Waals surface area contributed by atoms with Gasteiger partial charge >= 0.3 is 0 Å². The second kappa shape index (κ2) is 4.66. The summed E-state index contributed by atoms with van der Waals surface area (Å²) < 4.78 is 5.42. The number of fused-ring (bicyclic) bond motifs is 1. The highest BCUT2D eigenvalue weighted by Crippen LogP contribution is 2.33. The fraction of sp³-hybridized carbons (Fsp3) is 0.462. The summed E-state index contributed by atoms with van der Waals surface area (Å²) in [4.78, 5) is 13.9. The fourth-order valence-electron chi connectivity index (χ4n) is 2.14. The molecule has 0 bridgehead atoms. The van der Waals surface area contributed by atoms with Gasteiger partial charge in [0.15, 0.2) is 6.23 Å². The molecule has 0 N–H and O–H groups in total. The highest BCUT2D eigenvalue weighted by Gasteiger charge is 2.35.